The van der Waals surface area contributed by atoms with Crippen LogP contribution in [0.4, 0.5) is 11.6 Å². The first kappa shape index (κ1) is 21.0. The summed E-state index contributed by atoms with van der Waals surface area (Å²) in [5.74, 6) is 0.538. The van der Waals surface area contributed by atoms with Crippen LogP contribution in [0.2, 0.25) is 0 Å². The number of amides is 1. The van der Waals surface area contributed by atoms with Gasteiger partial charge in [-0.05, 0) is 35.6 Å². The third-order valence-electron chi connectivity index (χ3n) is 5.97. The fourth-order valence-corrected chi connectivity index (χ4v) is 4.36. The number of aromatic amines is 1. The van der Waals surface area contributed by atoms with E-state index in [9.17, 15) is 4.79 Å². The molecule has 4 heterocycles. The molecule has 1 amide bonds. The molecular formula is C24H26N8O. The Balaban J connectivity index is 1.55. The van der Waals surface area contributed by atoms with Gasteiger partial charge in [-0.3, -0.25) is 9.78 Å². The van der Waals surface area contributed by atoms with E-state index in [-0.39, 0.29) is 17.4 Å². The van der Waals surface area contributed by atoms with Crippen LogP contribution in [0.25, 0.3) is 11.2 Å². The summed E-state index contributed by atoms with van der Waals surface area (Å²) in [6.07, 6.45) is 5.77. The maximum absolute atomic E-state index is 13.1. The fourth-order valence-electron chi connectivity index (χ4n) is 4.36. The highest BCUT2D eigenvalue weighted by molar-refractivity contribution is 5.94. The minimum Gasteiger partial charge on any atom is -0.336 e. The third-order valence-corrected chi connectivity index (χ3v) is 5.97. The highest BCUT2D eigenvalue weighted by Gasteiger charge is 2.35. The predicted octanol–water partition coefficient (Wildman–Crippen LogP) is 3.49. The summed E-state index contributed by atoms with van der Waals surface area (Å²) in [6, 6.07) is 11.9. The second-order valence-corrected chi connectivity index (χ2v) is 9.27. The Morgan fingerprint density at radius 2 is 1.97 bits per heavy atom. The standard InChI is InChI=1S/C24H26N8O/c1-24(2,3)18-8-4-5-9-20(18)32(23-26-14-19-21(27-23)29-30-28-19)17-10-12-31(15-17)22(33)16-7-6-11-25-13-16/h4-9,11,13-14,17H,10,12,15H2,1-3H3,(H,26,27,28,29,30). The van der Waals surface area contributed by atoms with E-state index in [0.717, 1.165) is 12.1 Å². The van der Waals surface area contributed by atoms with Gasteiger partial charge in [-0.25, -0.2) is 4.98 Å². The molecule has 1 saturated heterocycles. The van der Waals surface area contributed by atoms with Gasteiger partial charge in [-0.2, -0.15) is 15.3 Å². The van der Waals surface area contributed by atoms with Crippen molar-refractivity contribution in [3.05, 3.63) is 66.1 Å². The molecule has 0 aliphatic carbocycles. The monoisotopic (exact) mass is 442 g/mol. The summed E-state index contributed by atoms with van der Waals surface area (Å²) in [5.41, 5.74) is 3.86. The molecule has 3 aromatic heterocycles. The van der Waals surface area contributed by atoms with Crippen LogP contribution in [-0.4, -0.2) is 60.3 Å². The van der Waals surface area contributed by atoms with Crippen LogP contribution in [0.15, 0.2) is 55.0 Å². The Morgan fingerprint density at radius 1 is 1.12 bits per heavy atom. The molecule has 168 valence electrons. The molecule has 0 saturated carbocycles. The highest BCUT2D eigenvalue weighted by atomic mass is 16.2. The molecule has 9 nitrogen and oxygen atoms in total. The number of carbonyl (C=O) groups is 1. The molecular weight excluding hydrogens is 416 g/mol. The number of benzene rings is 1. The quantitative estimate of drug-likeness (QED) is 0.516. The minimum atomic E-state index is -0.0867. The number of anilines is 2. The number of rotatable bonds is 4. The molecule has 0 radical (unpaired) electrons. The molecule has 4 aromatic rings. The van der Waals surface area contributed by atoms with E-state index in [1.165, 1.54) is 5.56 Å². The lowest BCUT2D eigenvalue weighted by Gasteiger charge is -2.34. The van der Waals surface area contributed by atoms with Crippen molar-refractivity contribution in [2.45, 2.75) is 38.6 Å². The van der Waals surface area contributed by atoms with Crippen molar-refractivity contribution in [1.82, 2.24) is 35.3 Å². The zero-order valence-corrected chi connectivity index (χ0v) is 18.9. The van der Waals surface area contributed by atoms with Crippen LogP contribution in [0.1, 0.15) is 43.1 Å². The maximum Gasteiger partial charge on any atom is 0.255 e. The molecule has 1 atom stereocenters. The first-order chi connectivity index (χ1) is 15.9. The van der Waals surface area contributed by atoms with Gasteiger partial charge in [0.2, 0.25) is 11.6 Å². The van der Waals surface area contributed by atoms with Crippen LogP contribution in [0.5, 0.6) is 0 Å². The second kappa shape index (κ2) is 8.23. The molecule has 1 fully saturated rings. The van der Waals surface area contributed by atoms with Crippen molar-refractivity contribution >= 4 is 28.7 Å². The third kappa shape index (κ3) is 4.02. The number of H-pyrrole nitrogens is 1. The van der Waals surface area contributed by atoms with Gasteiger partial charge >= 0.3 is 0 Å². The Bertz CT molecular complexity index is 1280. The number of hydrogen-bond acceptors (Lipinski definition) is 7. The van der Waals surface area contributed by atoms with Gasteiger partial charge < -0.3 is 9.80 Å². The number of fused-ring (bicyclic) bond motifs is 1. The lowest BCUT2D eigenvalue weighted by molar-refractivity contribution is 0.0790. The Kier molecular flexibility index (Phi) is 5.24. The van der Waals surface area contributed by atoms with E-state index in [1.807, 2.05) is 11.0 Å². The number of carbonyl (C=O) groups excluding carboxylic acids is 1. The van der Waals surface area contributed by atoms with Gasteiger partial charge in [-0.15, -0.1) is 5.10 Å². The van der Waals surface area contributed by atoms with E-state index in [4.69, 9.17) is 4.98 Å². The molecule has 0 bridgehead atoms. The normalized spacial score (nSPS) is 16.3. The summed E-state index contributed by atoms with van der Waals surface area (Å²) in [6.45, 7) is 7.79. The summed E-state index contributed by atoms with van der Waals surface area (Å²) in [7, 11) is 0. The van der Waals surface area contributed by atoms with Crippen molar-refractivity contribution < 1.29 is 4.79 Å². The molecule has 9 heteroatoms. The van der Waals surface area contributed by atoms with E-state index in [2.05, 4.69) is 69.2 Å². The first-order valence-electron chi connectivity index (χ1n) is 11.0. The minimum absolute atomic E-state index is 0.0115. The van der Waals surface area contributed by atoms with E-state index in [0.29, 0.717) is 35.8 Å². The molecule has 1 aromatic carbocycles. The average Bonchev–Trinajstić information content (AvgIpc) is 3.49. The lowest BCUT2D eigenvalue weighted by Crippen LogP contribution is -2.38. The Hall–Kier alpha value is -3.88. The fraction of sp³-hybridized carbons (Fsp3) is 0.333. The van der Waals surface area contributed by atoms with Crippen LogP contribution in [0.3, 0.4) is 0 Å². The summed E-state index contributed by atoms with van der Waals surface area (Å²) < 4.78 is 0. The SMILES string of the molecule is CC(C)(C)c1ccccc1N(c1ncc2n[nH]nc2n1)C1CCN(C(=O)c2cccnc2)C1. The summed E-state index contributed by atoms with van der Waals surface area (Å²) in [5, 5.41) is 10.8. The van der Waals surface area contributed by atoms with Crippen molar-refractivity contribution in [1.29, 1.82) is 0 Å². The summed E-state index contributed by atoms with van der Waals surface area (Å²) >= 11 is 0. The predicted molar refractivity (Wildman–Crippen MR) is 125 cm³/mol. The molecule has 5 rings (SSSR count). The summed E-state index contributed by atoms with van der Waals surface area (Å²) in [4.78, 5) is 30.5. The van der Waals surface area contributed by atoms with Crippen LogP contribution < -0.4 is 4.90 Å². The Morgan fingerprint density at radius 3 is 2.76 bits per heavy atom. The largest absolute Gasteiger partial charge is 0.336 e. The van der Waals surface area contributed by atoms with Gasteiger partial charge in [0.05, 0.1) is 17.8 Å². The number of pyridine rings is 1. The smallest absolute Gasteiger partial charge is 0.255 e. The molecule has 33 heavy (non-hydrogen) atoms. The molecule has 1 aliphatic rings. The van der Waals surface area contributed by atoms with Crippen molar-refractivity contribution in [3.8, 4) is 0 Å². The molecule has 1 unspecified atom stereocenters. The van der Waals surface area contributed by atoms with Crippen LogP contribution in [0, 0.1) is 0 Å². The zero-order valence-electron chi connectivity index (χ0n) is 18.9. The van der Waals surface area contributed by atoms with Gasteiger partial charge in [0.15, 0.2) is 0 Å². The number of likely N-dealkylation sites (tertiary alicyclic amines) is 1. The van der Waals surface area contributed by atoms with Gasteiger partial charge in [-0.1, -0.05) is 39.0 Å². The van der Waals surface area contributed by atoms with Crippen molar-refractivity contribution in [2.24, 2.45) is 0 Å². The van der Waals surface area contributed by atoms with Crippen LogP contribution >= 0.6 is 0 Å². The van der Waals surface area contributed by atoms with E-state index < -0.39 is 0 Å². The first-order valence-corrected chi connectivity index (χ1v) is 11.0. The molecule has 0 spiro atoms. The maximum atomic E-state index is 13.1. The molecule has 1 N–H and O–H groups in total. The zero-order chi connectivity index (χ0) is 23.0. The van der Waals surface area contributed by atoms with Gasteiger partial charge in [0, 0.05) is 31.2 Å². The van der Waals surface area contributed by atoms with Gasteiger partial charge in [0.25, 0.3) is 5.91 Å². The average molecular weight is 443 g/mol. The number of nitrogens with zero attached hydrogens (tertiary/aromatic N) is 7. The highest BCUT2D eigenvalue weighted by Crippen LogP contribution is 2.37. The van der Waals surface area contributed by atoms with E-state index in [1.54, 1.807) is 30.7 Å². The number of para-hydroxylation sites is 1. The topological polar surface area (TPSA) is 104 Å². The molecule has 1 aliphatic heterocycles. The van der Waals surface area contributed by atoms with Crippen molar-refractivity contribution in [3.63, 3.8) is 0 Å². The number of hydrogen-bond donors (Lipinski definition) is 1. The second-order valence-electron chi connectivity index (χ2n) is 9.27. The van der Waals surface area contributed by atoms with Gasteiger partial charge in [0.1, 0.15) is 5.52 Å². The number of aromatic nitrogens is 6. The van der Waals surface area contributed by atoms with Crippen molar-refractivity contribution in [2.75, 3.05) is 18.0 Å². The Labute approximate surface area is 191 Å². The van der Waals surface area contributed by atoms with Crippen LogP contribution in [-0.2, 0) is 5.41 Å². The number of nitrogens with one attached hydrogen (secondary N) is 1. The lowest BCUT2D eigenvalue weighted by atomic mass is 9.85. The van der Waals surface area contributed by atoms with E-state index >= 15 is 0 Å².